The summed E-state index contributed by atoms with van der Waals surface area (Å²) in [4.78, 5) is 2.29. The third kappa shape index (κ3) is 2.47. The number of methoxy groups -OCH3 is 2. The summed E-state index contributed by atoms with van der Waals surface area (Å²) in [5, 5.41) is 0. The van der Waals surface area contributed by atoms with Crippen LogP contribution in [0.1, 0.15) is 12.8 Å². The standard InChI is InChI=1S/C13H20N2O2/c1-16-11-4-3-5-12(17-2)13(11)15-8-6-10(14)7-9-15/h3-5,10H,6-9,14H2,1-2H3. The minimum absolute atomic E-state index is 0.326. The lowest BCUT2D eigenvalue weighted by Gasteiger charge is -2.33. The van der Waals surface area contributed by atoms with Crippen molar-refractivity contribution in [3.05, 3.63) is 18.2 Å². The van der Waals surface area contributed by atoms with Gasteiger partial charge < -0.3 is 20.1 Å². The van der Waals surface area contributed by atoms with Crippen LogP contribution in [0.4, 0.5) is 5.69 Å². The fraction of sp³-hybridized carbons (Fsp3) is 0.538. The van der Waals surface area contributed by atoms with Gasteiger partial charge in [0, 0.05) is 19.1 Å². The zero-order valence-corrected chi connectivity index (χ0v) is 10.5. The first-order chi connectivity index (χ1) is 8.26. The first-order valence-corrected chi connectivity index (χ1v) is 5.97. The third-order valence-corrected chi connectivity index (χ3v) is 3.26. The van der Waals surface area contributed by atoms with Gasteiger partial charge in [-0.3, -0.25) is 0 Å². The number of ether oxygens (including phenoxy) is 2. The summed E-state index contributed by atoms with van der Waals surface area (Å²) in [6.45, 7) is 1.91. The molecule has 1 aliphatic rings. The first-order valence-electron chi connectivity index (χ1n) is 5.97. The Labute approximate surface area is 102 Å². The van der Waals surface area contributed by atoms with Crippen LogP contribution in [0.25, 0.3) is 0 Å². The van der Waals surface area contributed by atoms with Gasteiger partial charge in [0.1, 0.15) is 17.2 Å². The van der Waals surface area contributed by atoms with Crippen LogP contribution in [-0.4, -0.2) is 33.4 Å². The molecule has 2 N–H and O–H groups in total. The van der Waals surface area contributed by atoms with E-state index >= 15 is 0 Å². The van der Waals surface area contributed by atoms with E-state index in [-0.39, 0.29) is 0 Å². The molecule has 2 rings (SSSR count). The van der Waals surface area contributed by atoms with Crippen molar-refractivity contribution in [1.29, 1.82) is 0 Å². The van der Waals surface area contributed by atoms with Crippen molar-refractivity contribution in [1.82, 2.24) is 0 Å². The molecule has 0 unspecified atom stereocenters. The van der Waals surface area contributed by atoms with E-state index in [0.717, 1.165) is 43.1 Å². The molecular formula is C13H20N2O2. The van der Waals surface area contributed by atoms with Crippen LogP contribution >= 0.6 is 0 Å². The van der Waals surface area contributed by atoms with Gasteiger partial charge in [-0.1, -0.05) is 6.07 Å². The molecule has 0 aromatic heterocycles. The number of hydrogen-bond donors (Lipinski definition) is 1. The van der Waals surface area contributed by atoms with Gasteiger partial charge in [-0.25, -0.2) is 0 Å². The Morgan fingerprint density at radius 2 is 1.65 bits per heavy atom. The normalized spacial score (nSPS) is 17.0. The average Bonchev–Trinajstić information content (AvgIpc) is 2.38. The van der Waals surface area contributed by atoms with E-state index in [4.69, 9.17) is 15.2 Å². The number of piperidine rings is 1. The van der Waals surface area contributed by atoms with Crippen LogP contribution in [0.3, 0.4) is 0 Å². The van der Waals surface area contributed by atoms with E-state index in [2.05, 4.69) is 4.90 Å². The van der Waals surface area contributed by atoms with E-state index in [1.165, 1.54) is 0 Å². The summed E-state index contributed by atoms with van der Waals surface area (Å²) in [6, 6.07) is 6.20. The van der Waals surface area contributed by atoms with Crippen molar-refractivity contribution >= 4 is 5.69 Å². The van der Waals surface area contributed by atoms with Crippen LogP contribution in [0, 0.1) is 0 Å². The van der Waals surface area contributed by atoms with Crippen LogP contribution < -0.4 is 20.1 Å². The summed E-state index contributed by atoms with van der Waals surface area (Å²) >= 11 is 0. The monoisotopic (exact) mass is 236 g/mol. The SMILES string of the molecule is COc1cccc(OC)c1N1CCC(N)CC1. The highest BCUT2D eigenvalue weighted by atomic mass is 16.5. The number of rotatable bonds is 3. The van der Waals surface area contributed by atoms with E-state index in [9.17, 15) is 0 Å². The number of hydrogen-bond acceptors (Lipinski definition) is 4. The zero-order valence-electron chi connectivity index (χ0n) is 10.5. The molecule has 1 aliphatic heterocycles. The summed E-state index contributed by atoms with van der Waals surface area (Å²) in [5.41, 5.74) is 6.97. The van der Waals surface area contributed by atoms with E-state index < -0.39 is 0 Å². The molecule has 0 radical (unpaired) electrons. The van der Waals surface area contributed by atoms with Gasteiger partial charge in [0.05, 0.1) is 14.2 Å². The largest absolute Gasteiger partial charge is 0.494 e. The summed E-state index contributed by atoms with van der Waals surface area (Å²) in [7, 11) is 3.38. The molecule has 1 aromatic rings. The Hall–Kier alpha value is -1.42. The minimum Gasteiger partial charge on any atom is -0.494 e. The van der Waals surface area contributed by atoms with Crippen LogP contribution in [0.2, 0.25) is 0 Å². The van der Waals surface area contributed by atoms with Crippen molar-refractivity contribution in [3.63, 3.8) is 0 Å². The van der Waals surface area contributed by atoms with Gasteiger partial charge in [-0.05, 0) is 25.0 Å². The molecule has 0 atom stereocenters. The van der Waals surface area contributed by atoms with E-state index in [1.807, 2.05) is 18.2 Å². The fourth-order valence-electron chi connectivity index (χ4n) is 2.27. The Morgan fingerprint density at radius 1 is 1.12 bits per heavy atom. The van der Waals surface area contributed by atoms with Gasteiger partial charge in [0.15, 0.2) is 0 Å². The second-order valence-electron chi connectivity index (χ2n) is 4.34. The Kier molecular flexibility index (Phi) is 3.74. The number of benzene rings is 1. The maximum Gasteiger partial charge on any atom is 0.145 e. The molecule has 0 saturated carbocycles. The fourth-order valence-corrected chi connectivity index (χ4v) is 2.27. The number of nitrogens with two attached hydrogens (primary N) is 1. The molecule has 0 spiro atoms. The molecule has 17 heavy (non-hydrogen) atoms. The first kappa shape index (κ1) is 12.0. The molecule has 0 aliphatic carbocycles. The second kappa shape index (κ2) is 5.27. The Morgan fingerprint density at radius 3 is 2.12 bits per heavy atom. The Bertz CT molecular complexity index is 351. The van der Waals surface area contributed by atoms with Crippen LogP contribution in [0.15, 0.2) is 18.2 Å². The number of nitrogens with zero attached hydrogens (tertiary/aromatic N) is 1. The van der Waals surface area contributed by atoms with Gasteiger partial charge >= 0.3 is 0 Å². The van der Waals surface area contributed by atoms with Gasteiger partial charge in [0.25, 0.3) is 0 Å². The molecule has 4 heteroatoms. The van der Waals surface area contributed by atoms with Gasteiger partial charge in [-0.2, -0.15) is 0 Å². The third-order valence-electron chi connectivity index (χ3n) is 3.26. The van der Waals surface area contributed by atoms with Gasteiger partial charge in [-0.15, -0.1) is 0 Å². The lowest BCUT2D eigenvalue weighted by molar-refractivity contribution is 0.389. The molecule has 1 fully saturated rings. The summed E-state index contributed by atoms with van der Waals surface area (Å²) in [6.07, 6.45) is 2.03. The molecule has 4 nitrogen and oxygen atoms in total. The van der Waals surface area contributed by atoms with E-state index in [1.54, 1.807) is 14.2 Å². The van der Waals surface area contributed by atoms with Crippen molar-refractivity contribution in [2.75, 3.05) is 32.2 Å². The Balaban J connectivity index is 2.29. The smallest absolute Gasteiger partial charge is 0.145 e. The molecule has 1 heterocycles. The van der Waals surface area contributed by atoms with Crippen molar-refractivity contribution in [2.24, 2.45) is 5.73 Å². The predicted molar refractivity (Wildman–Crippen MR) is 69.0 cm³/mol. The lowest BCUT2D eigenvalue weighted by atomic mass is 10.0. The van der Waals surface area contributed by atoms with Crippen LogP contribution in [0.5, 0.6) is 11.5 Å². The minimum atomic E-state index is 0.326. The quantitative estimate of drug-likeness (QED) is 0.866. The second-order valence-corrected chi connectivity index (χ2v) is 4.34. The van der Waals surface area contributed by atoms with Crippen molar-refractivity contribution < 1.29 is 9.47 Å². The average molecular weight is 236 g/mol. The highest BCUT2D eigenvalue weighted by Crippen LogP contribution is 2.38. The number of anilines is 1. The predicted octanol–water partition coefficient (Wildman–Crippen LogP) is 1.63. The van der Waals surface area contributed by atoms with Crippen molar-refractivity contribution in [2.45, 2.75) is 18.9 Å². The highest BCUT2D eigenvalue weighted by Gasteiger charge is 2.22. The van der Waals surface area contributed by atoms with Crippen LogP contribution in [-0.2, 0) is 0 Å². The van der Waals surface area contributed by atoms with Crippen molar-refractivity contribution in [3.8, 4) is 11.5 Å². The molecule has 0 bridgehead atoms. The highest BCUT2D eigenvalue weighted by molar-refractivity contribution is 5.68. The van der Waals surface area contributed by atoms with Gasteiger partial charge in [0.2, 0.25) is 0 Å². The molecule has 1 aromatic carbocycles. The number of para-hydroxylation sites is 1. The maximum absolute atomic E-state index is 5.93. The summed E-state index contributed by atoms with van der Waals surface area (Å²) in [5.74, 6) is 1.72. The summed E-state index contributed by atoms with van der Waals surface area (Å²) < 4.78 is 10.8. The zero-order chi connectivity index (χ0) is 12.3. The molecule has 94 valence electrons. The molecule has 1 saturated heterocycles. The topological polar surface area (TPSA) is 47.7 Å². The van der Waals surface area contributed by atoms with E-state index in [0.29, 0.717) is 6.04 Å². The molecular weight excluding hydrogens is 216 g/mol. The maximum atomic E-state index is 5.93. The molecule has 0 amide bonds. The lowest BCUT2D eigenvalue weighted by Crippen LogP contribution is -2.39.